The second-order valence-electron chi connectivity index (χ2n) is 4.86. The van der Waals surface area contributed by atoms with Gasteiger partial charge in [0, 0.05) is 97.6 Å². The molecule has 0 bridgehead atoms. The average Bonchev–Trinajstić information content (AvgIpc) is 2.51. The minimum atomic E-state index is 0. The maximum absolute atomic E-state index is 3.42. The monoisotopic (exact) mass is 428 g/mol. The zero-order chi connectivity index (χ0) is 12.9. The molecule has 1 saturated heterocycles. The van der Waals surface area contributed by atoms with E-state index in [-0.39, 0.29) is 65.4 Å². The molecule has 0 amide bonds. The van der Waals surface area contributed by atoms with Crippen LogP contribution in [0.5, 0.6) is 0 Å². The molecule has 3 rings (SSSR count). The van der Waals surface area contributed by atoms with Crippen LogP contribution in [0, 0.1) is 12.1 Å². The third-order valence-corrected chi connectivity index (χ3v) is 3.64. The maximum Gasteiger partial charge on any atom is 0.0160 e. The number of benzene rings is 2. The van der Waals surface area contributed by atoms with Gasteiger partial charge in [0.2, 0.25) is 0 Å². The fourth-order valence-corrected chi connectivity index (χ4v) is 2.72. The van der Waals surface area contributed by atoms with Crippen LogP contribution in [0.3, 0.4) is 0 Å². The molecule has 1 heterocycles. The molecule has 0 aromatic heterocycles. The van der Waals surface area contributed by atoms with Gasteiger partial charge in [-0.15, -0.1) is 11.1 Å². The SMILES string of the molecule is [Y].[Y].[c-]1ccc(C(c2cc[c-]cc2)N2CCNCC2)cc1. The van der Waals surface area contributed by atoms with Crippen LogP contribution in [0.4, 0.5) is 0 Å². The van der Waals surface area contributed by atoms with Gasteiger partial charge in [0.15, 0.2) is 0 Å². The first-order valence-electron chi connectivity index (χ1n) is 6.82. The summed E-state index contributed by atoms with van der Waals surface area (Å²) in [5, 5.41) is 3.42. The Morgan fingerprint density at radius 3 is 1.67 bits per heavy atom. The molecule has 0 unspecified atom stereocenters. The van der Waals surface area contributed by atoms with Crippen LogP contribution in [-0.2, 0) is 65.4 Å². The summed E-state index contributed by atoms with van der Waals surface area (Å²) in [6.45, 7) is 4.30. The zero-order valence-electron chi connectivity index (χ0n) is 12.1. The van der Waals surface area contributed by atoms with E-state index in [1.54, 1.807) is 0 Å². The van der Waals surface area contributed by atoms with Crippen LogP contribution in [0.1, 0.15) is 17.2 Å². The van der Waals surface area contributed by atoms with Crippen LogP contribution >= 0.6 is 0 Å². The van der Waals surface area contributed by atoms with Crippen LogP contribution in [-0.4, -0.2) is 31.1 Å². The van der Waals surface area contributed by atoms with Crippen molar-refractivity contribution in [3.05, 3.63) is 71.8 Å². The molecular weight excluding hydrogens is 410 g/mol. The van der Waals surface area contributed by atoms with Crippen molar-refractivity contribution >= 4 is 0 Å². The predicted molar refractivity (Wildman–Crippen MR) is 76.8 cm³/mol. The molecule has 0 spiro atoms. The Kier molecular flexibility index (Phi) is 9.68. The van der Waals surface area contributed by atoms with Crippen molar-refractivity contribution in [3.8, 4) is 0 Å². The van der Waals surface area contributed by atoms with Gasteiger partial charge in [-0.3, -0.25) is 4.90 Å². The van der Waals surface area contributed by atoms with Gasteiger partial charge in [-0.25, -0.2) is 0 Å². The summed E-state index contributed by atoms with van der Waals surface area (Å²) in [6, 6.07) is 23.2. The molecule has 1 N–H and O–H groups in total. The normalized spacial score (nSPS) is 15.1. The van der Waals surface area contributed by atoms with Gasteiger partial charge in [0.1, 0.15) is 0 Å². The van der Waals surface area contributed by atoms with Gasteiger partial charge in [-0.1, -0.05) is 0 Å². The molecule has 0 aliphatic carbocycles. The van der Waals surface area contributed by atoms with E-state index in [1.165, 1.54) is 11.1 Å². The molecule has 2 radical (unpaired) electrons. The first-order chi connectivity index (χ1) is 9.45. The molecule has 2 nitrogen and oxygen atoms in total. The van der Waals surface area contributed by atoms with Crippen molar-refractivity contribution in [2.24, 2.45) is 0 Å². The van der Waals surface area contributed by atoms with E-state index < -0.39 is 0 Å². The van der Waals surface area contributed by atoms with E-state index in [1.807, 2.05) is 24.3 Å². The fourth-order valence-electron chi connectivity index (χ4n) is 2.72. The quantitative estimate of drug-likeness (QED) is 0.756. The number of rotatable bonds is 3. The largest absolute Gasteiger partial charge is 0.314 e. The van der Waals surface area contributed by atoms with Crippen molar-refractivity contribution in [2.75, 3.05) is 26.2 Å². The average molecular weight is 428 g/mol. The Morgan fingerprint density at radius 2 is 1.24 bits per heavy atom. The number of nitrogens with one attached hydrogen (secondary N) is 1. The summed E-state index contributed by atoms with van der Waals surface area (Å²) in [4.78, 5) is 2.54. The Hall–Kier alpha value is 0.568. The van der Waals surface area contributed by atoms with Crippen molar-refractivity contribution < 1.29 is 65.4 Å². The summed E-state index contributed by atoms with van der Waals surface area (Å²) < 4.78 is 0. The standard InChI is InChI=1S/C17H18N2.2Y/c1-3-7-15(8-4-1)17(16-9-5-2-6-10-16)19-13-11-18-12-14-19;;/h3-10,17-18H,11-14H2;;/q-2;;. The smallest absolute Gasteiger partial charge is 0.0160 e. The molecule has 1 aliphatic rings. The predicted octanol–water partition coefficient (Wildman–Crippen LogP) is 2.28. The van der Waals surface area contributed by atoms with Gasteiger partial charge in [-0.2, -0.15) is 60.7 Å². The molecule has 0 atom stereocenters. The van der Waals surface area contributed by atoms with Gasteiger partial charge in [0.25, 0.3) is 0 Å². The molecule has 0 saturated carbocycles. The van der Waals surface area contributed by atoms with E-state index >= 15 is 0 Å². The summed E-state index contributed by atoms with van der Waals surface area (Å²) in [6.07, 6.45) is 0. The summed E-state index contributed by atoms with van der Waals surface area (Å²) >= 11 is 0. The van der Waals surface area contributed by atoms with Crippen molar-refractivity contribution in [3.63, 3.8) is 0 Å². The molecule has 21 heavy (non-hydrogen) atoms. The Bertz CT molecular complexity index is 459. The number of piperazine rings is 1. The molecule has 4 heteroatoms. The molecule has 1 fully saturated rings. The van der Waals surface area contributed by atoms with Crippen molar-refractivity contribution in [1.82, 2.24) is 10.2 Å². The summed E-state index contributed by atoms with van der Waals surface area (Å²) in [5.74, 6) is 0. The minimum absolute atomic E-state index is 0. The minimum Gasteiger partial charge on any atom is -0.314 e. The maximum atomic E-state index is 3.42. The fraction of sp³-hybridized carbons (Fsp3) is 0.294. The third kappa shape index (κ3) is 5.30. The van der Waals surface area contributed by atoms with Crippen LogP contribution in [0.25, 0.3) is 0 Å². The topological polar surface area (TPSA) is 15.3 Å². The number of hydrogen-bond donors (Lipinski definition) is 1. The zero-order valence-corrected chi connectivity index (χ0v) is 17.8. The molecule has 1 aliphatic heterocycles. The Balaban J connectivity index is 0.00000110. The van der Waals surface area contributed by atoms with Gasteiger partial charge >= 0.3 is 0 Å². The van der Waals surface area contributed by atoms with E-state index in [9.17, 15) is 0 Å². The number of nitrogens with zero attached hydrogens (tertiary/aromatic N) is 1. The second kappa shape index (κ2) is 10.4. The number of hydrogen-bond acceptors (Lipinski definition) is 2. The van der Waals surface area contributed by atoms with Crippen molar-refractivity contribution in [1.29, 1.82) is 0 Å². The summed E-state index contributed by atoms with van der Waals surface area (Å²) in [5.41, 5.74) is 2.68. The Morgan fingerprint density at radius 1 is 0.810 bits per heavy atom. The van der Waals surface area contributed by atoms with E-state index in [2.05, 4.69) is 46.6 Å². The van der Waals surface area contributed by atoms with Crippen LogP contribution < -0.4 is 5.32 Å². The Labute approximate surface area is 177 Å². The van der Waals surface area contributed by atoms with Crippen LogP contribution in [0.2, 0.25) is 0 Å². The van der Waals surface area contributed by atoms with Gasteiger partial charge in [-0.05, 0) is 0 Å². The molecule has 2 aromatic rings. The molecule has 2 aromatic carbocycles. The van der Waals surface area contributed by atoms with Crippen molar-refractivity contribution in [2.45, 2.75) is 6.04 Å². The summed E-state index contributed by atoms with van der Waals surface area (Å²) in [7, 11) is 0. The first kappa shape index (κ1) is 19.6. The second-order valence-corrected chi connectivity index (χ2v) is 4.86. The van der Waals surface area contributed by atoms with Gasteiger partial charge in [0.05, 0.1) is 0 Å². The first-order valence-corrected chi connectivity index (χ1v) is 6.82. The van der Waals surface area contributed by atoms with E-state index in [0.717, 1.165) is 26.2 Å². The van der Waals surface area contributed by atoms with E-state index in [4.69, 9.17) is 0 Å². The van der Waals surface area contributed by atoms with Crippen LogP contribution in [0.15, 0.2) is 48.5 Å². The van der Waals surface area contributed by atoms with Gasteiger partial charge < -0.3 is 5.32 Å². The third-order valence-electron chi connectivity index (χ3n) is 3.64. The van der Waals surface area contributed by atoms with E-state index in [0.29, 0.717) is 6.04 Å². The molecular formula is C17H18N2Y2-2. The molecule has 104 valence electrons.